The first-order valence-electron chi connectivity index (χ1n) is 8.16. The summed E-state index contributed by atoms with van der Waals surface area (Å²) >= 11 is 5.22. The SMILES string of the molecule is COc1cc2c(cc1OC)[C@H](c1ccc(Br)s1)C1=C(CCCC1=O)N2. The molecule has 1 aromatic heterocycles. The predicted molar refractivity (Wildman–Crippen MR) is 103 cm³/mol. The van der Waals surface area contributed by atoms with Crippen LogP contribution < -0.4 is 14.8 Å². The van der Waals surface area contributed by atoms with E-state index in [1.807, 2.05) is 18.2 Å². The van der Waals surface area contributed by atoms with E-state index in [1.165, 1.54) is 0 Å². The molecule has 2 aliphatic rings. The number of rotatable bonds is 3. The number of nitrogens with one attached hydrogen (secondary N) is 1. The molecule has 1 aliphatic heterocycles. The molecule has 4 nitrogen and oxygen atoms in total. The second-order valence-electron chi connectivity index (χ2n) is 6.16. The largest absolute Gasteiger partial charge is 0.493 e. The zero-order valence-electron chi connectivity index (χ0n) is 14.0. The van der Waals surface area contributed by atoms with Gasteiger partial charge in [-0.2, -0.15) is 0 Å². The Hall–Kier alpha value is -1.79. The molecule has 0 saturated carbocycles. The van der Waals surface area contributed by atoms with Crippen LogP contribution in [0.3, 0.4) is 0 Å². The molecule has 1 atom stereocenters. The van der Waals surface area contributed by atoms with Crippen LogP contribution in [0, 0.1) is 0 Å². The molecule has 2 heterocycles. The van der Waals surface area contributed by atoms with Gasteiger partial charge in [0, 0.05) is 34.3 Å². The number of thiophene rings is 1. The lowest BCUT2D eigenvalue weighted by atomic mass is 9.78. The van der Waals surface area contributed by atoms with Gasteiger partial charge in [-0.05, 0) is 52.5 Å². The minimum absolute atomic E-state index is 0.0600. The Morgan fingerprint density at radius 3 is 2.60 bits per heavy atom. The monoisotopic (exact) mass is 419 g/mol. The molecule has 0 spiro atoms. The molecule has 25 heavy (non-hydrogen) atoms. The van der Waals surface area contributed by atoms with Gasteiger partial charge in [0.2, 0.25) is 0 Å². The lowest BCUT2D eigenvalue weighted by Crippen LogP contribution is -2.26. The fraction of sp³-hybridized carbons (Fsp3) is 0.316. The summed E-state index contributed by atoms with van der Waals surface area (Å²) in [5.41, 5.74) is 3.99. The van der Waals surface area contributed by atoms with E-state index < -0.39 is 0 Å². The molecule has 0 unspecified atom stereocenters. The Labute approximate surface area is 159 Å². The summed E-state index contributed by atoms with van der Waals surface area (Å²) in [7, 11) is 3.27. The van der Waals surface area contributed by atoms with Gasteiger partial charge >= 0.3 is 0 Å². The lowest BCUT2D eigenvalue weighted by Gasteiger charge is -2.33. The minimum Gasteiger partial charge on any atom is -0.493 e. The molecule has 2 aromatic rings. The van der Waals surface area contributed by atoms with Crippen molar-refractivity contribution in [2.75, 3.05) is 19.5 Å². The molecule has 0 amide bonds. The normalized spacial score (nSPS) is 19.2. The van der Waals surface area contributed by atoms with Crippen LogP contribution in [0.5, 0.6) is 11.5 Å². The molecular formula is C19H18BrNO3S. The summed E-state index contributed by atoms with van der Waals surface area (Å²) in [6.45, 7) is 0. The molecule has 4 rings (SSSR count). The van der Waals surface area contributed by atoms with Crippen LogP contribution in [0.1, 0.15) is 35.6 Å². The van der Waals surface area contributed by atoms with E-state index in [-0.39, 0.29) is 11.7 Å². The first-order valence-corrected chi connectivity index (χ1v) is 9.77. The zero-order valence-corrected chi connectivity index (χ0v) is 16.4. The van der Waals surface area contributed by atoms with Gasteiger partial charge in [-0.25, -0.2) is 0 Å². The number of hydrogen-bond acceptors (Lipinski definition) is 5. The van der Waals surface area contributed by atoms with Gasteiger partial charge in [0.05, 0.1) is 23.9 Å². The van der Waals surface area contributed by atoms with E-state index in [0.717, 1.165) is 44.0 Å². The number of carbonyl (C=O) groups excluding carboxylic acids is 1. The third kappa shape index (κ3) is 2.77. The number of halogens is 1. The number of methoxy groups -OCH3 is 2. The fourth-order valence-electron chi connectivity index (χ4n) is 3.67. The molecule has 0 fully saturated rings. The maximum Gasteiger partial charge on any atom is 0.162 e. The number of ether oxygens (including phenoxy) is 2. The van der Waals surface area contributed by atoms with Crippen molar-refractivity contribution in [1.29, 1.82) is 0 Å². The van der Waals surface area contributed by atoms with Crippen molar-refractivity contribution in [1.82, 2.24) is 0 Å². The van der Waals surface area contributed by atoms with Crippen LogP contribution in [0.4, 0.5) is 5.69 Å². The minimum atomic E-state index is -0.0600. The number of Topliss-reactive ketones (excluding diaryl/α,β-unsaturated/α-hetero) is 1. The summed E-state index contributed by atoms with van der Waals surface area (Å²) in [4.78, 5) is 13.9. The maximum absolute atomic E-state index is 12.7. The Kier molecular flexibility index (Phi) is 4.33. The molecule has 130 valence electrons. The molecule has 6 heteroatoms. The van der Waals surface area contributed by atoms with Gasteiger partial charge < -0.3 is 14.8 Å². The van der Waals surface area contributed by atoms with Crippen LogP contribution in [0.2, 0.25) is 0 Å². The van der Waals surface area contributed by atoms with Crippen LogP contribution in [-0.4, -0.2) is 20.0 Å². The summed E-state index contributed by atoms with van der Waals surface area (Å²) in [5, 5.41) is 3.48. The number of benzene rings is 1. The van der Waals surface area contributed by atoms with E-state index in [1.54, 1.807) is 25.6 Å². The quantitative estimate of drug-likeness (QED) is 0.751. The summed E-state index contributed by atoms with van der Waals surface area (Å²) < 4.78 is 12.0. The molecule has 1 aromatic carbocycles. The van der Waals surface area contributed by atoms with Gasteiger partial charge in [-0.1, -0.05) is 0 Å². The third-order valence-corrected chi connectivity index (χ3v) is 6.46. The fourth-order valence-corrected chi connectivity index (χ4v) is 5.22. The van der Waals surface area contributed by atoms with Crippen LogP contribution in [0.25, 0.3) is 0 Å². The van der Waals surface area contributed by atoms with E-state index in [4.69, 9.17) is 9.47 Å². The number of carbonyl (C=O) groups is 1. The van der Waals surface area contributed by atoms with Crippen molar-refractivity contribution in [3.63, 3.8) is 0 Å². The van der Waals surface area contributed by atoms with Gasteiger partial charge in [0.25, 0.3) is 0 Å². The second-order valence-corrected chi connectivity index (χ2v) is 8.66. The van der Waals surface area contributed by atoms with Crippen LogP contribution in [-0.2, 0) is 4.79 Å². The summed E-state index contributed by atoms with van der Waals surface area (Å²) in [5.74, 6) is 1.54. The van der Waals surface area contributed by atoms with Crippen molar-refractivity contribution in [3.8, 4) is 11.5 Å². The number of hydrogen-bond donors (Lipinski definition) is 1. The standard InChI is InChI=1S/C19H18BrNO3S/c1-23-14-8-10-12(9-15(14)24-2)21-11-4-3-5-13(22)19(11)18(10)16-6-7-17(20)25-16/h6-9,18,21H,3-5H2,1-2H3/t18-/m1/s1. The highest BCUT2D eigenvalue weighted by Crippen LogP contribution is 2.50. The van der Waals surface area contributed by atoms with E-state index in [0.29, 0.717) is 17.9 Å². The second kappa shape index (κ2) is 6.50. The van der Waals surface area contributed by atoms with Crippen molar-refractivity contribution in [2.45, 2.75) is 25.2 Å². The van der Waals surface area contributed by atoms with Crippen LogP contribution in [0.15, 0.2) is 39.3 Å². The van der Waals surface area contributed by atoms with Gasteiger partial charge in [0.15, 0.2) is 17.3 Å². The average molecular weight is 420 g/mol. The molecule has 0 radical (unpaired) electrons. The van der Waals surface area contributed by atoms with Gasteiger partial charge in [-0.15, -0.1) is 11.3 Å². The van der Waals surface area contributed by atoms with Crippen molar-refractivity contribution >= 4 is 38.7 Å². The molecule has 0 saturated heterocycles. The first-order chi connectivity index (χ1) is 12.1. The average Bonchev–Trinajstić information content (AvgIpc) is 3.05. The van der Waals surface area contributed by atoms with Crippen molar-refractivity contribution in [3.05, 3.63) is 49.8 Å². The smallest absolute Gasteiger partial charge is 0.162 e. The van der Waals surface area contributed by atoms with Gasteiger partial charge in [0.1, 0.15) is 0 Å². The Morgan fingerprint density at radius 2 is 1.92 bits per heavy atom. The van der Waals surface area contributed by atoms with E-state index in [9.17, 15) is 4.79 Å². The van der Waals surface area contributed by atoms with E-state index in [2.05, 4.69) is 27.3 Å². The van der Waals surface area contributed by atoms with Crippen LogP contribution >= 0.6 is 27.3 Å². The molecule has 1 aliphatic carbocycles. The van der Waals surface area contributed by atoms with Gasteiger partial charge in [-0.3, -0.25) is 4.79 Å². The number of ketones is 1. The highest BCUT2D eigenvalue weighted by molar-refractivity contribution is 9.11. The number of fused-ring (bicyclic) bond motifs is 1. The molecule has 1 N–H and O–H groups in total. The Balaban J connectivity index is 1.95. The third-order valence-electron chi connectivity index (χ3n) is 4.78. The first kappa shape index (κ1) is 16.7. The summed E-state index contributed by atoms with van der Waals surface area (Å²) in [6.07, 6.45) is 2.41. The Morgan fingerprint density at radius 1 is 1.16 bits per heavy atom. The van der Waals surface area contributed by atoms with Crippen molar-refractivity contribution in [2.24, 2.45) is 0 Å². The number of anilines is 1. The number of allylic oxidation sites excluding steroid dienone is 2. The molecular weight excluding hydrogens is 402 g/mol. The lowest BCUT2D eigenvalue weighted by molar-refractivity contribution is -0.116. The predicted octanol–water partition coefficient (Wildman–Crippen LogP) is 5.09. The Bertz CT molecular complexity index is 887. The van der Waals surface area contributed by atoms with E-state index >= 15 is 0 Å². The topological polar surface area (TPSA) is 47.6 Å². The summed E-state index contributed by atoms with van der Waals surface area (Å²) in [6, 6.07) is 8.09. The highest BCUT2D eigenvalue weighted by atomic mass is 79.9. The highest BCUT2D eigenvalue weighted by Gasteiger charge is 2.36. The maximum atomic E-state index is 12.7. The van der Waals surface area contributed by atoms with Crippen molar-refractivity contribution < 1.29 is 14.3 Å². The zero-order chi connectivity index (χ0) is 17.6. The molecule has 0 bridgehead atoms.